The summed E-state index contributed by atoms with van der Waals surface area (Å²) in [5.41, 5.74) is 1.48. The first kappa shape index (κ1) is 10.7. The quantitative estimate of drug-likeness (QED) is 0.607. The minimum absolute atomic E-state index is 0.0169. The summed E-state index contributed by atoms with van der Waals surface area (Å²) in [4.78, 5) is 11.5. The number of carbonyl (C=O) groups is 1. The summed E-state index contributed by atoms with van der Waals surface area (Å²) in [7, 11) is 0. The van der Waals surface area contributed by atoms with Crippen molar-refractivity contribution in [3.8, 4) is 12.3 Å². The second-order valence-corrected chi connectivity index (χ2v) is 3.66. The Bertz CT molecular complexity index is 391. The van der Waals surface area contributed by atoms with Gasteiger partial charge < -0.3 is 5.11 Å². The summed E-state index contributed by atoms with van der Waals surface area (Å²) >= 11 is 1.55. The standard InChI is InChI=1S/C11H10O2S/c1-3-8-4-9(7-11(12)13)6-10(5-8)14-2/h1,4-6H,7H2,2H3,(H,12,13). The molecule has 1 aromatic carbocycles. The van der Waals surface area contributed by atoms with Crippen molar-refractivity contribution in [2.75, 3.05) is 6.26 Å². The molecule has 0 aromatic heterocycles. The van der Waals surface area contributed by atoms with Crippen LogP contribution >= 0.6 is 11.8 Å². The van der Waals surface area contributed by atoms with Gasteiger partial charge in [-0.05, 0) is 30.0 Å². The second-order valence-electron chi connectivity index (χ2n) is 2.78. The lowest BCUT2D eigenvalue weighted by Crippen LogP contribution is -2.00. The minimum atomic E-state index is -0.841. The third-order valence-electron chi connectivity index (χ3n) is 1.72. The van der Waals surface area contributed by atoms with Crippen molar-refractivity contribution >= 4 is 17.7 Å². The lowest BCUT2D eigenvalue weighted by molar-refractivity contribution is -0.136. The van der Waals surface area contributed by atoms with E-state index in [1.165, 1.54) is 0 Å². The SMILES string of the molecule is C#Cc1cc(CC(=O)O)cc(SC)c1. The fourth-order valence-electron chi connectivity index (χ4n) is 1.14. The number of carboxylic acids is 1. The number of rotatable bonds is 3. The van der Waals surface area contributed by atoms with E-state index in [0.29, 0.717) is 0 Å². The molecule has 0 amide bonds. The highest BCUT2D eigenvalue weighted by molar-refractivity contribution is 7.98. The Labute approximate surface area is 87.3 Å². The molecule has 3 heteroatoms. The lowest BCUT2D eigenvalue weighted by atomic mass is 10.1. The van der Waals surface area contributed by atoms with Gasteiger partial charge in [-0.3, -0.25) is 4.79 Å². The summed E-state index contributed by atoms with van der Waals surface area (Å²) in [6, 6.07) is 5.45. The van der Waals surface area contributed by atoms with Gasteiger partial charge in [0.15, 0.2) is 0 Å². The van der Waals surface area contributed by atoms with Crippen molar-refractivity contribution in [2.45, 2.75) is 11.3 Å². The van der Waals surface area contributed by atoms with Gasteiger partial charge in [-0.2, -0.15) is 0 Å². The Kier molecular flexibility index (Phi) is 3.61. The van der Waals surface area contributed by atoms with Gasteiger partial charge in [-0.25, -0.2) is 0 Å². The third kappa shape index (κ3) is 2.82. The number of thioether (sulfide) groups is 1. The molecule has 0 radical (unpaired) electrons. The molecule has 1 rings (SSSR count). The normalized spacial score (nSPS) is 9.43. The van der Waals surface area contributed by atoms with Gasteiger partial charge in [0, 0.05) is 10.5 Å². The van der Waals surface area contributed by atoms with E-state index in [1.54, 1.807) is 17.8 Å². The van der Waals surface area contributed by atoms with Crippen LogP contribution in [0, 0.1) is 12.3 Å². The number of terminal acetylenes is 1. The molecule has 1 aromatic rings. The number of hydrogen-bond donors (Lipinski definition) is 1. The van der Waals surface area contributed by atoms with Crippen LogP contribution < -0.4 is 0 Å². The first-order valence-electron chi connectivity index (χ1n) is 4.02. The third-order valence-corrected chi connectivity index (χ3v) is 2.43. The molecule has 1 N–H and O–H groups in total. The Morgan fingerprint density at radius 1 is 1.57 bits per heavy atom. The van der Waals surface area contributed by atoms with Crippen molar-refractivity contribution < 1.29 is 9.90 Å². The van der Waals surface area contributed by atoms with Crippen molar-refractivity contribution in [2.24, 2.45) is 0 Å². The Morgan fingerprint density at radius 3 is 2.79 bits per heavy atom. The van der Waals surface area contributed by atoms with E-state index in [-0.39, 0.29) is 6.42 Å². The van der Waals surface area contributed by atoms with Gasteiger partial charge in [0.05, 0.1) is 6.42 Å². The predicted molar refractivity (Wildman–Crippen MR) is 57.5 cm³/mol. The molecule has 0 saturated heterocycles. The van der Waals surface area contributed by atoms with Gasteiger partial charge in [0.1, 0.15) is 0 Å². The molecule has 0 aliphatic rings. The first-order chi connectivity index (χ1) is 6.65. The van der Waals surface area contributed by atoms with Crippen LogP contribution in [0.15, 0.2) is 23.1 Å². The maximum atomic E-state index is 10.5. The van der Waals surface area contributed by atoms with Gasteiger partial charge in [-0.1, -0.05) is 5.92 Å². The van der Waals surface area contributed by atoms with E-state index in [4.69, 9.17) is 11.5 Å². The number of hydrogen-bond acceptors (Lipinski definition) is 2. The highest BCUT2D eigenvalue weighted by Gasteiger charge is 2.03. The largest absolute Gasteiger partial charge is 0.481 e. The zero-order chi connectivity index (χ0) is 10.6. The molecule has 0 unspecified atom stereocenters. The average molecular weight is 206 g/mol. The molecule has 0 saturated carbocycles. The average Bonchev–Trinajstić information content (AvgIpc) is 2.16. The van der Waals surface area contributed by atoms with Crippen LogP contribution in [0.3, 0.4) is 0 Å². The number of benzene rings is 1. The fourth-order valence-corrected chi connectivity index (χ4v) is 1.65. The van der Waals surface area contributed by atoms with Crippen LogP contribution in [0.25, 0.3) is 0 Å². The molecule has 2 nitrogen and oxygen atoms in total. The zero-order valence-corrected chi connectivity index (χ0v) is 8.60. The molecular formula is C11H10O2S. The van der Waals surface area contributed by atoms with Crippen LogP contribution in [-0.4, -0.2) is 17.3 Å². The summed E-state index contributed by atoms with van der Waals surface area (Å²) in [5.74, 6) is 1.67. The maximum Gasteiger partial charge on any atom is 0.307 e. The first-order valence-corrected chi connectivity index (χ1v) is 5.24. The van der Waals surface area contributed by atoms with Gasteiger partial charge in [0.2, 0.25) is 0 Å². The molecule has 0 fully saturated rings. The summed E-state index contributed by atoms with van der Waals surface area (Å²) in [5, 5.41) is 8.64. The van der Waals surface area contributed by atoms with Gasteiger partial charge in [-0.15, -0.1) is 18.2 Å². The number of carboxylic acid groups (broad SMARTS) is 1. The summed E-state index contributed by atoms with van der Waals surface area (Å²) in [6.45, 7) is 0. The molecule has 0 bridgehead atoms. The Hall–Kier alpha value is -1.40. The summed E-state index contributed by atoms with van der Waals surface area (Å²) < 4.78 is 0. The van der Waals surface area contributed by atoms with Crippen LogP contribution in [0.2, 0.25) is 0 Å². The van der Waals surface area contributed by atoms with E-state index in [1.807, 2.05) is 18.4 Å². The smallest absolute Gasteiger partial charge is 0.307 e. The van der Waals surface area contributed by atoms with Crippen LogP contribution in [0.4, 0.5) is 0 Å². The summed E-state index contributed by atoms with van der Waals surface area (Å²) in [6.07, 6.45) is 7.21. The molecule has 0 heterocycles. The van der Waals surface area contributed by atoms with Crippen molar-refractivity contribution in [3.05, 3.63) is 29.3 Å². The predicted octanol–water partition coefficient (Wildman–Crippen LogP) is 2.02. The van der Waals surface area contributed by atoms with Crippen LogP contribution in [-0.2, 0) is 11.2 Å². The van der Waals surface area contributed by atoms with Gasteiger partial charge >= 0.3 is 5.97 Å². The second kappa shape index (κ2) is 4.73. The molecule has 72 valence electrons. The van der Waals surface area contributed by atoms with E-state index < -0.39 is 5.97 Å². The molecule has 0 spiro atoms. The van der Waals surface area contributed by atoms with E-state index in [9.17, 15) is 4.79 Å². The maximum absolute atomic E-state index is 10.5. The lowest BCUT2D eigenvalue weighted by Gasteiger charge is -2.02. The zero-order valence-electron chi connectivity index (χ0n) is 7.78. The van der Waals surface area contributed by atoms with E-state index in [0.717, 1.165) is 16.0 Å². The monoisotopic (exact) mass is 206 g/mol. The highest BCUT2D eigenvalue weighted by atomic mass is 32.2. The number of aliphatic carboxylic acids is 1. The Balaban J connectivity index is 3.05. The van der Waals surface area contributed by atoms with Gasteiger partial charge in [0.25, 0.3) is 0 Å². The highest BCUT2D eigenvalue weighted by Crippen LogP contribution is 2.19. The van der Waals surface area contributed by atoms with Crippen LogP contribution in [0.5, 0.6) is 0 Å². The van der Waals surface area contributed by atoms with Crippen LogP contribution in [0.1, 0.15) is 11.1 Å². The fraction of sp³-hybridized carbons (Fsp3) is 0.182. The van der Waals surface area contributed by atoms with E-state index in [2.05, 4.69) is 5.92 Å². The molecule has 0 aliphatic carbocycles. The van der Waals surface area contributed by atoms with Crippen molar-refractivity contribution in [3.63, 3.8) is 0 Å². The minimum Gasteiger partial charge on any atom is -0.481 e. The molecular weight excluding hydrogens is 196 g/mol. The molecule has 14 heavy (non-hydrogen) atoms. The topological polar surface area (TPSA) is 37.3 Å². The Morgan fingerprint density at radius 2 is 2.29 bits per heavy atom. The van der Waals surface area contributed by atoms with Crippen molar-refractivity contribution in [1.82, 2.24) is 0 Å². The molecule has 0 atom stereocenters. The van der Waals surface area contributed by atoms with Crippen molar-refractivity contribution in [1.29, 1.82) is 0 Å². The molecule has 0 aliphatic heterocycles. The van der Waals surface area contributed by atoms with E-state index >= 15 is 0 Å².